The molecule has 2 aromatic rings. The van der Waals surface area contributed by atoms with Crippen molar-refractivity contribution in [2.24, 2.45) is 5.41 Å². The van der Waals surface area contributed by atoms with E-state index in [2.05, 4.69) is 10.6 Å². The second-order valence-corrected chi connectivity index (χ2v) is 6.94. The van der Waals surface area contributed by atoms with Gasteiger partial charge < -0.3 is 10.6 Å². The molecular weight excluding hydrogens is 336 g/mol. The fourth-order valence-corrected chi connectivity index (χ4v) is 2.62. The Balaban J connectivity index is 2.18. The maximum Gasteiger partial charge on any atom is 0.239 e. The lowest BCUT2D eigenvalue weighted by Crippen LogP contribution is -2.41. The molecule has 0 radical (unpaired) electrons. The van der Waals surface area contributed by atoms with Gasteiger partial charge in [0.2, 0.25) is 11.8 Å². The Morgan fingerprint density at radius 2 is 1.68 bits per heavy atom. The van der Waals surface area contributed by atoms with E-state index in [4.69, 9.17) is 11.6 Å². The van der Waals surface area contributed by atoms with Gasteiger partial charge in [-0.15, -0.1) is 0 Å². The zero-order chi connectivity index (χ0) is 18.6. The first-order valence-corrected chi connectivity index (χ1v) is 8.60. The van der Waals surface area contributed by atoms with Crippen LogP contribution in [-0.4, -0.2) is 11.8 Å². The maximum absolute atomic E-state index is 12.8. The van der Waals surface area contributed by atoms with Crippen molar-refractivity contribution in [1.29, 1.82) is 0 Å². The molecule has 0 aromatic heterocycles. The average Bonchev–Trinajstić information content (AvgIpc) is 2.56. The van der Waals surface area contributed by atoms with Crippen LogP contribution in [0.15, 0.2) is 42.5 Å². The molecule has 2 rings (SSSR count). The molecule has 5 heteroatoms. The molecule has 0 aliphatic heterocycles. The third-order valence-corrected chi connectivity index (χ3v) is 4.43. The minimum absolute atomic E-state index is 0.351. The number of halogens is 1. The summed E-state index contributed by atoms with van der Waals surface area (Å²) in [6, 6.07) is 12.7. The fourth-order valence-electron chi connectivity index (χ4n) is 2.43. The predicted octanol–water partition coefficient (Wildman–Crippen LogP) is 4.81. The van der Waals surface area contributed by atoms with Crippen LogP contribution in [0.2, 0.25) is 5.02 Å². The molecule has 4 nitrogen and oxygen atoms in total. The summed E-state index contributed by atoms with van der Waals surface area (Å²) in [5, 5.41) is 6.19. The SMILES string of the molecule is CCc1cccc(C)c1NC(=O)C(C)(C)C(=O)Nc1cccc(Cl)c1. The highest BCUT2D eigenvalue weighted by atomic mass is 35.5. The molecule has 2 aromatic carbocycles. The molecule has 2 amide bonds. The summed E-state index contributed by atoms with van der Waals surface area (Å²) in [7, 11) is 0. The van der Waals surface area contributed by atoms with E-state index < -0.39 is 5.41 Å². The smallest absolute Gasteiger partial charge is 0.239 e. The Bertz CT molecular complexity index is 800. The topological polar surface area (TPSA) is 58.2 Å². The molecule has 132 valence electrons. The van der Waals surface area contributed by atoms with Gasteiger partial charge in [0, 0.05) is 16.4 Å². The van der Waals surface area contributed by atoms with Crippen LogP contribution in [0.5, 0.6) is 0 Å². The Labute approximate surface area is 153 Å². The van der Waals surface area contributed by atoms with E-state index in [9.17, 15) is 9.59 Å². The Morgan fingerprint density at radius 3 is 2.32 bits per heavy atom. The minimum atomic E-state index is -1.24. The third kappa shape index (κ3) is 4.40. The van der Waals surface area contributed by atoms with Crippen molar-refractivity contribution in [3.05, 3.63) is 58.6 Å². The summed E-state index contributed by atoms with van der Waals surface area (Å²) in [4.78, 5) is 25.4. The number of nitrogens with one attached hydrogen (secondary N) is 2. The largest absolute Gasteiger partial charge is 0.325 e. The van der Waals surface area contributed by atoms with Crippen LogP contribution in [-0.2, 0) is 16.0 Å². The molecule has 0 saturated heterocycles. The van der Waals surface area contributed by atoms with E-state index in [0.717, 1.165) is 23.2 Å². The first-order valence-electron chi connectivity index (χ1n) is 8.22. The average molecular weight is 359 g/mol. The van der Waals surface area contributed by atoms with Gasteiger partial charge in [-0.05, 0) is 56.5 Å². The number of anilines is 2. The molecular formula is C20H23ClN2O2. The van der Waals surface area contributed by atoms with Gasteiger partial charge in [-0.25, -0.2) is 0 Å². The van der Waals surface area contributed by atoms with E-state index in [0.29, 0.717) is 10.7 Å². The Hall–Kier alpha value is -2.33. The monoisotopic (exact) mass is 358 g/mol. The van der Waals surface area contributed by atoms with Crippen LogP contribution in [0.1, 0.15) is 31.9 Å². The summed E-state index contributed by atoms with van der Waals surface area (Å²) >= 11 is 5.93. The van der Waals surface area contributed by atoms with Gasteiger partial charge in [-0.3, -0.25) is 9.59 Å². The number of rotatable bonds is 5. The van der Waals surface area contributed by atoms with Gasteiger partial charge in [0.25, 0.3) is 0 Å². The summed E-state index contributed by atoms with van der Waals surface area (Å²) in [5.74, 6) is -0.741. The van der Waals surface area contributed by atoms with Gasteiger partial charge in [-0.1, -0.05) is 42.8 Å². The molecule has 0 saturated carbocycles. The summed E-state index contributed by atoms with van der Waals surface area (Å²) < 4.78 is 0. The lowest BCUT2D eigenvalue weighted by Gasteiger charge is -2.24. The lowest BCUT2D eigenvalue weighted by molar-refractivity contribution is -0.135. The predicted molar refractivity (Wildman–Crippen MR) is 103 cm³/mol. The zero-order valence-corrected chi connectivity index (χ0v) is 15.7. The Morgan fingerprint density at radius 1 is 1.04 bits per heavy atom. The van der Waals surface area contributed by atoms with Crippen molar-refractivity contribution in [3.63, 3.8) is 0 Å². The van der Waals surface area contributed by atoms with Crippen LogP contribution in [0.4, 0.5) is 11.4 Å². The minimum Gasteiger partial charge on any atom is -0.325 e. The summed E-state index contributed by atoms with van der Waals surface area (Å²) in [6.45, 7) is 7.17. The van der Waals surface area contributed by atoms with E-state index >= 15 is 0 Å². The molecule has 25 heavy (non-hydrogen) atoms. The zero-order valence-electron chi connectivity index (χ0n) is 14.9. The molecule has 0 aliphatic rings. The van der Waals surface area contributed by atoms with Gasteiger partial charge >= 0.3 is 0 Å². The second-order valence-electron chi connectivity index (χ2n) is 6.51. The molecule has 0 spiro atoms. The first-order chi connectivity index (χ1) is 11.8. The second kappa shape index (κ2) is 7.70. The van der Waals surface area contributed by atoms with Crippen molar-refractivity contribution >= 4 is 34.8 Å². The van der Waals surface area contributed by atoms with Crippen molar-refractivity contribution in [1.82, 2.24) is 0 Å². The lowest BCUT2D eigenvalue weighted by atomic mass is 9.90. The number of para-hydroxylation sites is 1. The highest BCUT2D eigenvalue weighted by Crippen LogP contribution is 2.26. The molecule has 0 atom stereocenters. The molecule has 0 unspecified atom stereocenters. The summed E-state index contributed by atoms with van der Waals surface area (Å²) in [6.07, 6.45) is 0.798. The van der Waals surface area contributed by atoms with Gasteiger partial charge in [0.1, 0.15) is 5.41 Å². The quantitative estimate of drug-likeness (QED) is 0.753. The Kier molecular flexibility index (Phi) is 5.85. The molecule has 0 heterocycles. The highest BCUT2D eigenvalue weighted by Gasteiger charge is 2.36. The fraction of sp³-hybridized carbons (Fsp3) is 0.300. The number of benzene rings is 2. The van der Waals surface area contributed by atoms with E-state index in [1.54, 1.807) is 38.1 Å². The normalized spacial score (nSPS) is 11.1. The first kappa shape index (κ1) is 19.0. The van der Waals surface area contributed by atoms with Gasteiger partial charge in [-0.2, -0.15) is 0 Å². The van der Waals surface area contributed by atoms with Gasteiger partial charge in [0.05, 0.1) is 0 Å². The number of carbonyl (C=O) groups excluding carboxylic acids is 2. The van der Waals surface area contributed by atoms with Crippen LogP contribution < -0.4 is 10.6 Å². The van der Waals surface area contributed by atoms with Gasteiger partial charge in [0.15, 0.2) is 0 Å². The molecule has 0 bridgehead atoms. The van der Waals surface area contributed by atoms with Crippen LogP contribution in [0.3, 0.4) is 0 Å². The van der Waals surface area contributed by atoms with Crippen LogP contribution in [0, 0.1) is 12.3 Å². The highest BCUT2D eigenvalue weighted by molar-refractivity contribution is 6.31. The number of carbonyl (C=O) groups is 2. The third-order valence-electron chi connectivity index (χ3n) is 4.20. The molecule has 0 aliphatic carbocycles. The summed E-state index contributed by atoms with van der Waals surface area (Å²) in [5.41, 5.74) is 2.11. The number of hydrogen-bond acceptors (Lipinski definition) is 2. The molecule has 2 N–H and O–H groups in total. The number of aryl methyl sites for hydroxylation is 2. The van der Waals surface area contributed by atoms with E-state index in [-0.39, 0.29) is 11.8 Å². The van der Waals surface area contributed by atoms with Crippen molar-refractivity contribution in [2.45, 2.75) is 34.1 Å². The van der Waals surface area contributed by atoms with Crippen LogP contribution >= 0.6 is 11.6 Å². The van der Waals surface area contributed by atoms with Crippen molar-refractivity contribution in [2.75, 3.05) is 10.6 Å². The standard InChI is InChI=1S/C20H23ClN2O2/c1-5-14-9-6-8-13(2)17(14)23-19(25)20(3,4)18(24)22-16-11-7-10-15(21)12-16/h6-12H,5H2,1-4H3,(H,22,24)(H,23,25). The van der Waals surface area contributed by atoms with Crippen molar-refractivity contribution in [3.8, 4) is 0 Å². The maximum atomic E-state index is 12.8. The van der Waals surface area contributed by atoms with E-state index in [1.165, 1.54) is 0 Å². The number of amides is 2. The van der Waals surface area contributed by atoms with Crippen molar-refractivity contribution < 1.29 is 9.59 Å². The van der Waals surface area contributed by atoms with Crippen LogP contribution in [0.25, 0.3) is 0 Å². The van der Waals surface area contributed by atoms with E-state index in [1.807, 2.05) is 32.0 Å². The number of hydrogen-bond donors (Lipinski definition) is 2. The molecule has 0 fully saturated rings.